The molecule has 0 N–H and O–H groups in total. The minimum absolute atomic E-state index is 0.217. The van der Waals surface area contributed by atoms with Crippen molar-refractivity contribution in [3.63, 3.8) is 0 Å². The third-order valence-corrected chi connectivity index (χ3v) is 2.58. The number of ether oxygens (including phenoxy) is 2. The van der Waals surface area contributed by atoms with Gasteiger partial charge in [-0.05, 0) is 6.42 Å². The Morgan fingerprint density at radius 3 is 2.41 bits per heavy atom. The standard InChI is InChI=1S/C13H28NO3/c1-5-6-7-8-10-16-12-14(3,4)9-11-17-13(2)15/h5-12H2,1-4H3/q+1. The highest BCUT2D eigenvalue weighted by atomic mass is 16.5. The smallest absolute Gasteiger partial charge is 0.302 e. The molecule has 0 bridgehead atoms. The summed E-state index contributed by atoms with van der Waals surface area (Å²) in [5, 5.41) is 0. The molecule has 0 aliphatic heterocycles. The fraction of sp³-hybridized carbons (Fsp3) is 0.923. The van der Waals surface area contributed by atoms with Crippen LogP contribution in [0.3, 0.4) is 0 Å². The lowest BCUT2D eigenvalue weighted by atomic mass is 10.2. The summed E-state index contributed by atoms with van der Waals surface area (Å²) in [6.07, 6.45) is 4.92. The second-order valence-electron chi connectivity index (χ2n) is 5.10. The number of quaternary nitrogens is 1. The number of nitrogens with zero attached hydrogens (tertiary/aromatic N) is 1. The number of hydrogen-bond donors (Lipinski definition) is 0. The molecule has 0 heterocycles. The monoisotopic (exact) mass is 246 g/mol. The predicted octanol–water partition coefficient (Wildman–Crippen LogP) is 2.18. The molecule has 0 spiro atoms. The van der Waals surface area contributed by atoms with Crippen LogP contribution >= 0.6 is 0 Å². The zero-order valence-corrected chi connectivity index (χ0v) is 11.8. The Morgan fingerprint density at radius 1 is 1.12 bits per heavy atom. The van der Waals surface area contributed by atoms with Gasteiger partial charge in [0.25, 0.3) is 0 Å². The maximum absolute atomic E-state index is 10.6. The first-order chi connectivity index (χ1) is 7.98. The van der Waals surface area contributed by atoms with Crippen LogP contribution in [0, 0.1) is 0 Å². The van der Waals surface area contributed by atoms with Crippen LogP contribution in [0.15, 0.2) is 0 Å². The van der Waals surface area contributed by atoms with Gasteiger partial charge in [0, 0.05) is 6.92 Å². The van der Waals surface area contributed by atoms with Gasteiger partial charge in [0.05, 0.1) is 20.7 Å². The van der Waals surface area contributed by atoms with Crippen LogP contribution in [-0.4, -0.2) is 51.0 Å². The zero-order valence-electron chi connectivity index (χ0n) is 11.8. The SMILES string of the molecule is CCCCCCOC[N+](C)(C)CCOC(C)=O. The van der Waals surface area contributed by atoms with Gasteiger partial charge in [-0.2, -0.15) is 0 Å². The quantitative estimate of drug-likeness (QED) is 0.256. The van der Waals surface area contributed by atoms with Crippen LogP contribution in [0.5, 0.6) is 0 Å². The molecular formula is C13H28NO3+. The van der Waals surface area contributed by atoms with E-state index >= 15 is 0 Å². The Kier molecular flexibility index (Phi) is 9.09. The van der Waals surface area contributed by atoms with E-state index in [9.17, 15) is 4.79 Å². The largest absolute Gasteiger partial charge is 0.460 e. The molecule has 0 aliphatic rings. The Hall–Kier alpha value is -0.610. The molecule has 0 amide bonds. The second kappa shape index (κ2) is 9.42. The fourth-order valence-corrected chi connectivity index (χ4v) is 1.44. The number of carbonyl (C=O) groups is 1. The highest BCUT2D eigenvalue weighted by Gasteiger charge is 2.15. The number of unbranched alkanes of at least 4 members (excludes halogenated alkanes) is 3. The molecule has 0 fully saturated rings. The van der Waals surface area contributed by atoms with Crippen molar-refractivity contribution >= 4 is 5.97 Å². The molecule has 0 saturated carbocycles. The van der Waals surface area contributed by atoms with Gasteiger partial charge in [-0.25, -0.2) is 0 Å². The number of hydrogen-bond acceptors (Lipinski definition) is 3. The lowest BCUT2D eigenvalue weighted by Crippen LogP contribution is -2.44. The summed E-state index contributed by atoms with van der Waals surface area (Å²) >= 11 is 0. The van der Waals surface area contributed by atoms with E-state index in [2.05, 4.69) is 21.0 Å². The zero-order chi connectivity index (χ0) is 13.1. The number of esters is 1. The van der Waals surface area contributed by atoms with Gasteiger partial charge in [0.1, 0.15) is 13.2 Å². The summed E-state index contributed by atoms with van der Waals surface area (Å²) in [7, 11) is 4.16. The van der Waals surface area contributed by atoms with Crippen molar-refractivity contribution in [2.75, 3.05) is 40.6 Å². The highest BCUT2D eigenvalue weighted by molar-refractivity contribution is 5.65. The summed E-state index contributed by atoms with van der Waals surface area (Å²) < 4.78 is 11.3. The van der Waals surface area contributed by atoms with E-state index in [-0.39, 0.29) is 5.97 Å². The van der Waals surface area contributed by atoms with Gasteiger partial charge in [0.2, 0.25) is 0 Å². The van der Waals surface area contributed by atoms with Crippen LogP contribution in [-0.2, 0) is 14.3 Å². The highest BCUT2D eigenvalue weighted by Crippen LogP contribution is 2.02. The second-order valence-corrected chi connectivity index (χ2v) is 5.10. The molecule has 0 unspecified atom stereocenters. The molecule has 0 atom stereocenters. The van der Waals surface area contributed by atoms with E-state index in [0.29, 0.717) is 13.3 Å². The van der Waals surface area contributed by atoms with Gasteiger partial charge in [0.15, 0.2) is 6.73 Å². The first kappa shape index (κ1) is 16.4. The molecule has 0 radical (unpaired) electrons. The Labute approximate surface area is 105 Å². The van der Waals surface area contributed by atoms with Crippen molar-refractivity contribution in [2.45, 2.75) is 39.5 Å². The summed E-state index contributed by atoms with van der Waals surface area (Å²) in [6.45, 7) is 6.39. The Bertz CT molecular complexity index is 205. The van der Waals surface area contributed by atoms with E-state index in [1.54, 1.807) is 0 Å². The van der Waals surface area contributed by atoms with Crippen LogP contribution in [0.1, 0.15) is 39.5 Å². The average molecular weight is 246 g/mol. The first-order valence-electron chi connectivity index (χ1n) is 6.51. The lowest BCUT2D eigenvalue weighted by molar-refractivity contribution is -0.909. The van der Waals surface area contributed by atoms with Crippen LogP contribution < -0.4 is 0 Å². The van der Waals surface area contributed by atoms with Crippen molar-refractivity contribution in [1.29, 1.82) is 0 Å². The molecule has 102 valence electrons. The number of carbonyl (C=O) groups excluding carboxylic acids is 1. The molecule has 0 aromatic heterocycles. The van der Waals surface area contributed by atoms with Crippen molar-refractivity contribution in [2.24, 2.45) is 0 Å². The molecule has 4 nitrogen and oxygen atoms in total. The Morgan fingerprint density at radius 2 is 1.82 bits per heavy atom. The van der Waals surface area contributed by atoms with E-state index in [1.807, 2.05) is 0 Å². The normalized spacial score (nSPS) is 11.5. The lowest BCUT2D eigenvalue weighted by Gasteiger charge is -2.28. The summed E-state index contributed by atoms with van der Waals surface area (Å²) in [5.74, 6) is -0.217. The van der Waals surface area contributed by atoms with Crippen molar-refractivity contribution < 1.29 is 18.8 Å². The van der Waals surface area contributed by atoms with Crippen LogP contribution in [0.4, 0.5) is 0 Å². The third-order valence-electron chi connectivity index (χ3n) is 2.58. The summed E-state index contributed by atoms with van der Waals surface area (Å²) in [5.41, 5.74) is 0. The molecular weight excluding hydrogens is 218 g/mol. The molecule has 0 saturated heterocycles. The minimum atomic E-state index is -0.217. The molecule has 0 aromatic rings. The molecule has 0 aliphatic carbocycles. The molecule has 0 rings (SSSR count). The van der Waals surface area contributed by atoms with Gasteiger partial charge in [-0.3, -0.25) is 4.79 Å². The topological polar surface area (TPSA) is 35.5 Å². The van der Waals surface area contributed by atoms with E-state index in [1.165, 1.54) is 26.2 Å². The van der Waals surface area contributed by atoms with Gasteiger partial charge in [-0.1, -0.05) is 26.2 Å². The van der Waals surface area contributed by atoms with Gasteiger partial charge in [-0.15, -0.1) is 0 Å². The third kappa shape index (κ3) is 11.6. The summed E-state index contributed by atoms with van der Waals surface area (Å²) in [6, 6.07) is 0. The van der Waals surface area contributed by atoms with Gasteiger partial charge < -0.3 is 14.0 Å². The molecule has 4 heteroatoms. The average Bonchev–Trinajstić information content (AvgIpc) is 2.22. The maximum Gasteiger partial charge on any atom is 0.302 e. The van der Waals surface area contributed by atoms with Crippen molar-refractivity contribution in [3.05, 3.63) is 0 Å². The maximum atomic E-state index is 10.6. The Balaban J connectivity index is 3.46. The van der Waals surface area contributed by atoms with E-state index < -0.39 is 0 Å². The number of likely N-dealkylation sites (N-methyl/N-ethyl adjacent to an activating group) is 1. The van der Waals surface area contributed by atoms with Crippen LogP contribution in [0.2, 0.25) is 0 Å². The fourth-order valence-electron chi connectivity index (χ4n) is 1.44. The predicted molar refractivity (Wildman–Crippen MR) is 68.6 cm³/mol. The first-order valence-corrected chi connectivity index (χ1v) is 6.51. The van der Waals surface area contributed by atoms with Crippen molar-refractivity contribution in [1.82, 2.24) is 0 Å². The number of rotatable bonds is 10. The van der Waals surface area contributed by atoms with E-state index in [4.69, 9.17) is 9.47 Å². The molecule has 0 aromatic carbocycles. The van der Waals surface area contributed by atoms with Crippen LogP contribution in [0.25, 0.3) is 0 Å². The minimum Gasteiger partial charge on any atom is -0.460 e. The van der Waals surface area contributed by atoms with Gasteiger partial charge >= 0.3 is 5.97 Å². The van der Waals surface area contributed by atoms with E-state index in [0.717, 1.165) is 24.1 Å². The van der Waals surface area contributed by atoms with Crippen molar-refractivity contribution in [3.8, 4) is 0 Å². The molecule has 17 heavy (non-hydrogen) atoms. The summed E-state index contributed by atoms with van der Waals surface area (Å²) in [4.78, 5) is 10.6.